The molecule has 1 saturated carbocycles. The van der Waals surface area contributed by atoms with Gasteiger partial charge in [-0.25, -0.2) is 0 Å². The summed E-state index contributed by atoms with van der Waals surface area (Å²) in [6.07, 6.45) is 8.54. The van der Waals surface area contributed by atoms with E-state index in [2.05, 4.69) is 15.5 Å². The minimum Gasteiger partial charge on any atom is -0.320 e. The second kappa shape index (κ2) is 9.16. The van der Waals surface area contributed by atoms with Crippen LogP contribution in [0, 0.1) is 5.92 Å². The Bertz CT molecular complexity index is 455. The van der Waals surface area contributed by atoms with Gasteiger partial charge in [-0.15, -0.1) is 12.4 Å². The van der Waals surface area contributed by atoms with E-state index in [1.54, 1.807) is 0 Å². The standard InChI is InChI=1S/C16H28N4O.ClH/c1-3-11(2)15(17)16(21)18-14-10-13(19-20-14)12-8-6-4-5-7-9-12;/h10-12,15H,3-9,17H2,1-2H3,(H2,18,19,20,21);1H. The van der Waals surface area contributed by atoms with Gasteiger partial charge in [0.2, 0.25) is 5.91 Å². The third kappa shape index (κ3) is 4.99. The number of H-pyrrole nitrogens is 1. The molecule has 0 bridgehead atoms. The Hall–Kier alpha value is -1.07. The van der Waals surface area contributed by atoms with Crippen molar-refractivity contribution in [3.8, 4) is 0 Å². The molecule has 5 nitrogen and oxygen atoms in total. The highest BCUT2D eigenvalue weighted by Gasteiger charge is 2.21. The number of anilines is 1. The van der Waals surface area contributed by atoms with Crippen LogP contribution in [0.3, 0.4) is 0 Å². The van der Waals surface area contributed by atoms with Crippen molar-refractivity contribution in [2.24, 2.45) is 11.7 Å². The van der Waals surface area contributed by atoms with Gasteiger partial charge in [-0.1, -0.05) is 46.0 Å². The first-order valence-corrected chi connectivity index (χ1v) is 8.23. The summed E-state index contributed by atoms with van der Waals surface area (Å²) in [5.74, 6) is 1.17. The quantitative estimate of drug-likeness (QED) is 0.722. The van der Waals surface area contributed by atoms with Crippen LogP contribution in [0.25, 0.3) is 0 Å². The first-order valence-electron chi connectivity index (χ1n) is 8.23. The zero-order valence-electron chi connectivity index (χ0n) is 13.6. The molecule has 4 N–H and O–H groups in total. The highest BCUT2D eigenvalue weighted by molar-refractivity contribution is 5.94. The Labute approximate surface area is 139 Å². The van der Waals surface area contributed by atoms with Crippen molar-refractivity contribution in [2.75, 3.05) is 5.32 Å². The monoisotopic (exact) mass is 328 g/mol. The zero-order valence-corrected chi connectivity index (χ0v) is 14.4. The second-order valence-electron chi connectivity index (χ2n) is 6.30. The Morgan fingerprint density at radius 3 is 2.64 bits per heavy atom. The second-order valence-corrected chi connectivity index (χ2v) is 6.30. The number of carbonyl (C=O) groups is 1. The topological polar surface area (TPSA) is 83.8 Å². The number of carbonyl (C=O) groups excluding carboxylic acids is 1. The maximum absolute atomic E-state index is 12.1. The molecule has 1 aliphatic rings. The molecule has 0 radical (unpaired) electrons. The van der Waals surface area contributed by atoms with Crippen molar-refractivity contribution in [1.82, 2.24) is 10.2 Å². The molecule has 1 heterocycles. The van der Waals surface area contributed by atoms with Crippen molar-refractivity contribution in [3.05, 3.63) is 11.8 Å². The fourth-order valence-corrected chi connectivity index (χ4v) is 2.92. The summed E-state index contributed by atoms with van der Waals surface area (Å²) in [6, 6.07) is 1.49. The first kappa shape index (κ1) is 19.0. The number of halogens is 1. The maximum atomic E-state index is 12.1. The Morgan fingerprint density at radius 1 is 1.41 bits per heavy atom. The predicted molar refractivity (Wildman–Crippen MR) is 92.3 cm³/mol. The third-order valence-corrected chi connectivity index (χ3v) is 4.70. The number of hydrogen-bond acceptors (Lipinski definition) is 3. The summed E-state index contributed by atoms with van der Waals surface area (Å²) in [6.45, 7) is 4.03. The number of aromatic nitrogens is 2. The molecule has 0 aliphatic heterocycles. The van der Waals surface area contributed by atoms with E-state index >= 15 is 0 Å². The van der Waals surface area contributed by atoms with Crippen molar-refractivity contribution >= 4 is 24.1 Å². The molecular formula is C16H29ClN4O. The summed E-state index contributed by atoms with van der Waals surface area (Å²) in [7, 11) is 0. The van der Waals surface area contributed by atoms with Gasteiger partial charge in [0.1, 0.15) is 0 Å². The van der Waals surface area contributed by atoms with Crippen molar-refractivity contribution in [1.29, 1.82) is 0 Å². The van der Waals surface area contributed by atoms with Crippen LogP contribution in [-0.2, 0) is 4.79 Å². The molecule has 6 heteroatoms. The van der Waals surface area contributed by atoms with Crippen LogP contribution in [-0.4, -0.2) is 22.1 Å². The molecule has 1 amide bonds. The Balaban J connectivity index is 0.00000242. The van der Waals surface area contributed by atoms with Crippen LogP contribution >= 0.6 is 12.4 Å². The number of nitrogens with two attached hydrogens (primary N) is 1. The first-order chi connectivity index (χ1) is 10.1. The van der Waals surface area contributed by atoms with E-state index in [0.717, 1.165) is 12.1 Å². The molecule has 22 heavy (non-hydrogen) atoms. The number of nitrogens with zero attached hydrogens (tertiary/aromatic N) is 1. The molecule has 0 saturated heterocycles. The SMILES string of the molecule is CCC(C)C(N)C(=O)Nc1cc(C2CCCCCC2)[nH]n1.Cl. The number of hydrogen-bond donors (Lipinski definition) is 3. The lowest BCUT2D eigenvalue weighted by molar-refractivity contribution is -0.118. The molecule has 2 unspecified atom stereocenters. The largest absolute Gasteiger partial charge is 0.320 e. The molecule has 1 aliphatic carbocycles. The smallest absolute Gasteiger partial charge is 0.242 e. The van der Waals surface area contributed by atoms with Gasteiger partial charge in [-0.3, -0.25) is 9.89 Å². The van der Waals surface area contributed by atoms with E-state index in [1.165, 1.54) is 38.5 Å². The lowest BCUT2D eigenvalue weighted by Crippen LogP contribution is -2.40. The van der Waals surface area contributed by atoms with Crippen LogP contribution < -0.4 is 11.1 Å². The molecule has 1 aromatic rings. The number of aromatic amines is 1. The fourth-order valence-electron chi connectivity index (χ4n) is 2.92. The van der Waals surface area contributed by atoms with Crippen molar-refractivity contribution < 1.29 is 4.79 Å². The average Bonchev–Trinajstić information content (AvgIpc) is 2.78. The van der Waals surface area contributed by atoms with Gasteiger partial charge in [0.25, 0.3) is 0 Å². The number of rotatable bonds is 5. The molecule has 0 aromatic carbocycles. The van der Waals surface area contributed by atoms with Crippen LogP contribution in [0.5, 0.6) is 0 Å². The van der Waals surface area contributed by atoms with Gasteiger partial charge in [-0.2, -0.15) is 5.10 Å². The molecule has 126 valence electrons. The highest BCUT2D eigenvalue weighted by atomic mass is 35.5. The summed E-state index contributed by atoms with van der Waals surface area (Å²) >= 11 is 0. The molecule has 1 aromatic heterocycles. The minimum absolute atomic E-state index is 0. The van der Waals surface area contributed by atoms with E-state index in [9.17, 15) is 4.79 Å². The number of nitrogens with one attached hydrogen (secondary N) is 2. The van der Waals surface area contributed by atoms with Crippen molar-refractivity contribution in [2.45, 2.75) is 70.8 Å². The molecule has 2 rings (SSSR count). The van der Waals surface area contributed by atoms with Gasteiger partial charge in [0.15, 0.2) is 5.82 Å². The van der Waals surface area contributed by atoms with Gasteiger partial charge < -0.3 is 11.1 Å². The molecule has 2 atom stereocenters. The zero-order chi connectivity index (χ0) is 15.2. The van der Waals surface area contributed by atoms with E-state index in [0.29, 0.717) is 11.7 Å². The lowest BCUT2D eigenvalue weighted by atomic mass is 9.97. The molecule has 0 spiro atoms. The Morgan fingerprint density at radius 2 is 2.05 bits per heavy atom. The summed E-state index contributed by atoms with van der Waals surface area (Å²) < 4.78 is 0. The normalized spacial score (nSPS) is 18.9. The van der Waals surface area contributed by atoms with E-state index in [1.807, 2.05) is 19.9 Å². The van der Waals surface area contributed by atoms with E-state index in [4.69, 9.17) is 5.73 Å². The fraction of sp³-hybridized carbons (Fsp3) is 0.750. The van der Waals surface area contributed by atoms with Crippen LogP contribution in [0.2, 0.25) is 0 Å². The maximum Gasteiger partial charge on any atom is 0.242 e. The summed E-state index contributed by atoms with van der Waals surface area (Å²) in [5, 5.41) is 10.1. The van der Waals surface area contributed by atoms with E-state index in [-0.39, 0.29) is 24.2 Å². The summed E-state index contributed by atoms with van der Waals surface area (Å²) in [5.41, 5.74) is 7.08. The van der Waals surface area contributed by atoms with Gasteiger partial charge in [0, 0.05) is 17.7 Å². The highest BCUT2D eigenvalue weighted by Crippen LogP contribution is 2.31. The van der Waals surface area contributed by atoms with Gasteiger partial charge in [-0.05, 0) is 18.8 Å². The van der Waals surface area contributed by atoms with Crippen LogP contribution in [0.4, 0.5) is 5.82 Å². The van der Waals surface area contributed by atoms with Gasteiger partial charge in [0.05, 0.1) is 6.04 Å². The van der Waals surface area contributed by atoms with E-state index < -0.39 is 6.04 Å². The Kier molecular flexibility index (Phi) is 7.90. The minimum atomic E-state index is -0.479. The third-order valence-electron chi connectivity index (χ3n) is 4.70. The predicted octanol–water partition coefficient (Wildman–Crippen LogP) is 3.58. The molecular weight excluding hydrogens is 300 g/mol. The van der Waals surface area contributed by atoms with Crippen molar-refractivity contribution in [3.63, 3.8) is 0 Å². The van der Waals surface area contributed by atoms with Crippen LogP contribution in [0.1, 0.15) is 70.4 Å². The lowest BCUT2D eigenvalue weighted by Gasteiger charge is -2.16. The average molecular weight is 329 g/mol. The van der Waals surface area contributed by atoms with Crippen LogP contribution in [0.15, 0.2) is 6.07 Å². The number of amides is 1. The molecule has 1 fully saturated rings. The summed E-state index contributed by atoms with van der Waals surface area (Å²) in [4.78, 5) is 12.1. The van der Waals surface area contributed by atoms with Gasteiger partial charge >= 0.3 is 0 Å².